The van der Waals surface area contributed by atoms with Crippen molar-refractivity contribution in [3.05, 3.63) is 35.9 Å². The first kappa shape index (κ1) is 23.3. The quantitative estimate of drug-likeness (QED) is 0.538. The van der Waals surface area contributed by atoms with Crippen LogP contribution in [0.15, 0.2) is 30.3 Å². The molecule has 1 aliphatic carbocycles. The molecule has 2 atom stereocenters. The van der Waals surface area contributed by atoms with Gasteiger partial charge in [-0.05, 0) is 43.6 Å². The molecule has 2 aliphatic rings. The highest BCUT2D eigenvalue weighted by atomic mass is 16.3. The zero-order chi connectivity index (χ0) is 21.4. The van der Waals surface area contributed by atoms with Gasteiger partial charge in [0, 0.05) is 31.6 Å². The van der Waals surface area contributed by atoms with Crippen molar-refractivity contribution in [2.45, 2.75) is 89.7 Å². The summed E-state index contributed by atoms with van der Waals surface area (Å²) in [7, 11) is 0. The maximum atomic E-state index is 13.4. The number of rotatable bonds is 10. The molecule has 0 bridgehead atoms. The van der Waals surface area contributed by atoms with E-state index in [9.17, 15) is 9.90 Å². The van der Waals surface area contributed by atoms with Gasteiger partial charge in [-0.25, -0.2) is 0 Å². The lowest BCUT2D eigenvalue weighted by molar-refractivity contribution is -0.148. The van der Waals surface area contributed by atoms with Crippen molar-refractivity contribution in [1.82, 2.24) is 10.2 Å². The van der Waals surface area contributed by atoms with Gasteiger partial charge in [0.15, 0.2) is 5.60 Å². The van der Waals surface area contributed by atoms with E-state index >= 15 is 0 Å². The van der Waals surface area contributed by atoms with Crippen molar-refractivity contribution in [2.75, 3.05) is 19.6 Å². The van der Waals surface area contributed by atoms with Gasteiger partial charge >= 0.3 is 0 Å². The maximum Gasteiger partial charge on any atom is 0.257 e. The number of nitrogens with zero attached hydrogens (tertiary/aromatic N) is 1. The van der Waals surface area contributed by atoms with Crippen molar-refractivity contribution in [3.8, 4) is 0 Å². The fraction of sp³-hybridized carbons (Fsp3) is 0.731. The standard InChI is InChI=1S/C26H42N2O2/c1-3-4-6-11-21(2)20-28-18-16-24(17-19-28)27-25(29)26(30,23-14-9-10-15-23)22-12-7-5-8-13-22/h5,7-8,12-13,21,23-24,30H,3-4,6,9-11,14-20H2,1-2H3,(H,27,29). The molecule has 1 aliphatic heterocycles. The van der Waals surface area contributed by atoms with Crippen LogP contribution in [0, 0.1) is 11.8 Å². The number of unbranched alkanes of at least 4 members (excludes halogenated alkanes) is 2. The zero-order valence-electron chi connectivity index (χ0n) is 19.1. The summed E-state index contributed by atoms with van der Waals surface area (Å²) in [5.74, 6) is 0.573. The van der Waals surface area contributed by atoms with E-state index in [4.69, 9.17) is 0 Å². The minimum absolute atomic E-state index is 0.0176. The van der Waals surface area contributed by atoms with E-state index in [1.807, 2.05) is 30.3 Å². The van der Waals surface area contributed by atoms with E-state index in [1.54, 1.807) is 0 Å². The maximum absolute atomic E-state index is 13.4. The van der Waals surface area contributed by atoms with E-state index < -0.39 is 5.60 Å². The summed E-state index contributed by atoms with van der Waals surface area (Å²) in [6.45, 7) is 7.87. The topological polar surface area (TPSA) is 52.6 Å². The van der Waals surface area contributed by atoms with Gasteiger partial charge in [0.25, 0.3) is 5.91 Å². The van der Waals surface area contributed by atoms with E-state index in [1.165, 1.54) is 32.2 Å². The number of piperidine rings is 1. The Kier molecular flexibility index (Phi) is 8.76. The number of hydrogen-bond acceptors (Lipinski definition) is 3. The highest BCUT2D eigenvalue weighted by molar-refractivity contribution is 5.87. The molecule has 1 aromatic carbocycles. The Hall–Kier alpha value is -1.39. The van der Waals surface area contributed by atoms with Gasteiger partial charge < -0.3 is 15.3 Å². The van der Waals surface area contributed by atoms with Crippen molar-refractivity contribution in [1.29, 1.82) is 0 Å². The molecule has 0 spiro atoms. The minimum atomic E-state index is -1.40. The number of carbonyl (C=O) groups is 1. The van der Waals surface area contributed by atoms with Crippen LogP contribution in [0.3, 0.4) is 0 Å². The molecule has 3 rings (SSSR count). The number of nitrogens with one attached hydrogen (secondary N) is 1. The lowest BCUT2D eigenvalue weighted by atomic mass is 9.79. The van der Waals surface area contributed by atoms with Crippen LogP contribution in [0.5, 0.6) is 0 Å². The van der Waals surface area contributed by atoms with Crippen LogP contribution in [0.2, 0.25) is 0 Å². The molecule has 1 amide bonds. The van der Waals surface area contributed by atoms with Gasteiger partial charge in [-0.15, -0.1) is 0 Å². The third kappa shape index (κ3) is 5.85. The third-order valence-electron chi connectivity index (χ3n) is 7.30. The number of benzene rings is 1. The fourth-order valence-corrected chi connectivity index (χ4v) is 5.42. The molecule has 2 fully saturated rings. The molecule has 1 saturated carbocycles. The molecule has 2 N–H and O–H groups in total. The second kappa shape index (κ2) is 11.3. The van der Waals surface area contributed by atoms with Crippen molar-refractivity contribution >= 4 is 5.91 Å². The lowest BCUT2D eigenvalue weighted by Gasteiger charge is -2.38. The van der Waals surface area contributed by atoms with E-state index in [0.717, 1.165) is 63.1 Å². The summed E-state index contributed by atoms with van der Waals surface area (Å²) in [5.41, 5.74) is -0.657. The number of hydrogen-bond donors (Lipinski definition) is 2. The van der Waals surface area contributed by atoms with Crippen molar-refractivity contribution in [2.24, 2.45) is 11.8 Å². The monoisotopic (exact) mass is 414 g/mol. The molecule has 1 heterocycles. The highest BCUT2D eigenvalue weighted by Crippen LogP contribution is 2.41. The van der Waals surface area contributed by atoms with E-state index in [2.05, 4.69) is 24.1 Å². The Morgan fingerprint density at radius 1 is 1.13 bits per heavy atom. The predicted molar refractivity (Wildman–Crippen MR) is 123 cm³/mol. The summed E-state index contributed by atoms with van der Waals surface area (Å²) in [6, 6.07) is 9.75. The lowest BCUT2D eigenvalue weighted by Crippen LogP contribution is -2.54. The molecule has 1 saturated heterocycles. The molecule has 4 nitrogen and oxygen atoms in total. The Morgan fingerprint density at radius 2 is 1.80 bits per heavy atom. The fourth-order valence-electron chi connectivity index (χ4n) is 5.42. The molecule has 0 radical (unpaired) electrons. The second-order valence-corrected chi connectivity index (χ2v) is 9.76. The van der Waals surface area contributed by atoms with Crippen molar-refractivity contribution in [3.63, 3.8) is 0 Å². The summed E-state index contributed by atoms with van der Waals surface area (Å²) in [6.07, 6.45) is 11.3. The van der Waals surface area contributed by atoms with Crippen LogP contribution in [0.4, 0.5) is 0 Å². The molecular formula is C26H42N2O2. The van der Waals surface area contributed by atoms with Gasteiger partial charge in [0.1, 0.15) is 0 Å². The Balaban J connectivity index is 1.53. The Morgan fingerprint density at radius 3 is 2.43 bits per heavy atom. The first-order valence-electron chi connectivity index (χ1n) is 12.3. The van der Waals surface area contributed by atoms with Gasteiger partial charge in [-0.3, -0.25) is 4.79 Å². The van der Waals surface area contributed by atoms with Crippen LogP contribution >= 0.6 is 0 Å². The van der Waals surface area contributed by atoms with E-state index in [0.29, 0.717) is 0 Å². The predicted octanol–water partition coefficient (Wildman–Crippen LogP) is 4.86. The number of carbonyl (C=O) groups excluding carboxylic acids is 1. The van der Waals surface area contributed by atoms with Gasteiger partial charge in [-0.1, -0.05) is 76.3 Å². The molecule has 1 aromatic rings. The number of amides is 1. The normalized spacial score (nSPS) is 22.0. The SMILES string of the molecule is CCCCCC(C)CN1CCC(NC(=O)C(O)(c2ccccc2)C2CCCC2)CC1. The average Bonchev–Trinajstić information content (AvgIpc) is 3.31. The molecule has 30 heavy (non-hydrogen) atoms. The van der Waals surface area contributed by atoms with Crippen LogP contribution < -0.4 is 5.32 Å². The van der Waals surface area contributed by atoms with Crippen LogP contribution in [0.1, 0.15) is 83.6 Å². The summed E-state index contributed by atoms with van der Waals surface area (Å²) >= 11 is 0. The molecule has 0 aromatic heterocycles. The first-order valence-corrected chi connectivity index (χ1v) is 12.3. The second-order valence-electron chi connectivity index (χ2n) is 9.76. The number of aliphatic hydroxyl groups is 1. The molecule has 4 heteroatoms. The summed E-state index contributed by atoms with van der Waals surface area (Å²) < 4.78 is 0. The Bertz CT molecular complexity index is 636. The summed E-state index contributed by atoms with van der Waals surface area (Å²) in [4.78, 5) is 15.9. The molecule has 2 unspecified atom stereocenters. The van der Waals surface area contributed by atoms with Crippen LogP contribution in [-0.2, 0) is 10.4 Å². The van der Waals surface area contributed by atoms with Crippen molar-refractivity contribution < 1.29 is 9.90 Å². The molecular weight excluding hydrogens is 372 g/mol. The average molecular weight is 415 g/mol. The Labute approximate surface area is 183 Å². The summed E-state index contributed by atoms with van der Waals surface area (Å²) in [5, 5.41) is 14.9. The minimum Gasteiger partial charge on any atom is -0.375 e. The first-order chi connectivity index (χ1) is 14.5. The van der Waals surface area contributed by atoms with E-state index in [-0.39, 0.29) is 17.9 Å². The van der Waals surface area contributed by atoms with Gasteiger partial charge in [0.05, 0.1) is 0 Å². The van der Waals surface area contributed by atoms with Crippen LogP contribution in [-0.4, -0.2) is 41.6 Å². The smallest absolute Gasteiger partial charge is 0.257 e. The van der Waals surface area contributed by atoms with Gasteiger partial charge in [0.2, 0.25) is 0 Å². The number of likely N-dealkylation sites (tertiary alicyclic amines) is 1. The van der Waals surface area contributed by atoms with Gasteiger partial charge in [-0.2, -0.15) is 0 Å². The largest absolute Gasteiger partial charge is 0.375 e. The zero-order valence-corrected chi connectivity index (χ0v) is 19.1. The highest BCUT2D eigenvalue weighted by Gasteiger charge is 2.46. The third-order valence-corrected chi connectivity index (χ3v) is 7.30. The van der Waals surface area contributed by atoms with Crippen LogP contribution in [0.25, 0.3) is 0 Å². The molecule has 168 valence electrons.